The van der Waals surface area contributed by atoms with E-state index in [-0.39, 0.29) is 5.54 Å². The van der Waals surface area contributed by atoms with Gasteiger partial charge in [0, 0.05) is 0 Å². The van der Waals surface area contributed by atoms with E-state index in [0.29, 0.717) is 0 Å². The second-order valence-corrected chi connectivity index (χ2v) is 4.56. The number of hydrogen-bond donors (Lipinski definition) is 0. The molecule has 0 fully saturated rings. The van der Waals surface area contributed by atoms with Crippen LogP contribution in [0.15, 0.2) is 0 Å². The summed E-state index contributed by atoms with van der Waals surface area (Å²) in [7, 11) is 0. The highest BCUT2D eigenvalue weighted by molar-refractivity contribution is 14.1. The molecule has 0 aliphatic heterocycles. The first-order chi connectivity index (χ1) is 4.91. The van der Waals surface area contributed by atoms with Crippen molar-refractivity contribution in [2.45, 2.75) is 33.2 Å². The summed E-state index contributed by atoms with van der Waals surface area (Å²) in [5.41, 5.74) is 0.995. The summed E-state index contributed by atoms with van der Waals surface area (Å²) >= 11 is 2.19. The average Bonchev–Trinajstić information content (AvgIpc) is 2.11. The molecule has 0 spiro atoms. The number of rotatable bonds is 0. The number of halogens is 1. The van der Waals surface area contributed by atoms with Gasteiger partial charge < -0.3 is 0 Å². The summed E-state index contributed by atoms with van der Waals surface area (Å²) in [4.78, 5) is 1.75. The Morgan fingerprint density at radius 3 is 2.00 bits per heavy atom. The van der Waals surface area contributed by atoms with E-state index in [0.717, 1.165) is 9.39 Å². The second-order valence-electron chi connectivity index (χ2n) is 3.54. The maximum absolute atomic E-state index is 4.28. The second kappa shape index (κ2) is 2.73. The average molecular weight is 265 g/mol. The van der Waals surface area contributed by atoms with Gasteiger partial charge >= 0.3 is 0 Å². The van der Waals surface area contributed by atoms with Gasteiger partial charge in [-0.3, -0.25) is 0 Å². The van der Waals surface area contributed by atoms with Gasteiger partial charge in [0.25, 0.3) is 0 Å². The van der Waals surface area contributed by atoms with Gasteiger partial charge in [-0.05, 0) is 50.3 Å². The molecule has 0 saturated heterocycles. The summed E-state index contributed by atoms with van der Waals surface area (Å²) in [6.07, 6.45) is 0. The van der Waals surface area contributed by atoms with E-state index >= 15 is 0 Å². The number of nitrogens with zero attached hydrogens (tertiary/aromatic N) is 3. The van der Waals surface area contributed by atoms with Gasteiger partial charge in [0.2, 0.25) is 0 Å². The number of aromatic nitrogens is 3. The highest BCUT2D eigenvalue weighted by Gasteiger charge is 2.16. The zero-order valence-electron chi connectivity index (χ0n) is 7.22. The minimum Gasteiger partial charge on any atom is -0.178 e. The lowest BCUT2D eigenvalue weighted by Crippen LogP contribution is -2.24. The molecular formula is C7H12IN3. The Hall–Kier alpha value is -0.130. The fourth-order valence-corrected chi connectivity index (χ4v) is 0.973. The Bertz CT molecular complexity index is 240. The first kappa shape index (κ1) is 8.96. The normalized spacial score (nSPS) is 12.1. The topological polar surface area (TPSA) is 30.7 Å². The van der Waals surface area contributed by atoms with Crippen molar-refractivity contribution in [3.63, 3.8) is 0 Å². The largest absolute Gasteiger partial charge is 0.178 e. The molecule has 0 amide bonds. The van der Waals surface area contributed by atoms with Gasteiger partial charge in [-0.1, -0.05) is 0 Å². The van der Waals surface area contributed by atoms with E-state index in [4.69, 9.17) is 0 Å². The Morgan fingerprint density at radius 2 is 1.82 bits per heavy atom. The number of aryl methyl sites for hydroxylation is 1. The van der Waals surface area contributed by atoms with Crippen LogP contribution in [0.3, 0.4) is 0 Å². The minimum absolute atomic E-state index is 0.00577. The molecule has 1 aromatic rings. The molecule has 0 aliphatic rings. The third-order valence-corrected chi connectivity index (χ3v) is 2.32. The first-order valence-electron chi connectivity index (χ1n) is 3.51. The molecule has 0 atom stereocenters. The zero-order chi connectivity index (χ0) is 8.65. The van der Waals surface area contributed by atoms with Crippen LogP contribution in [-0.2, 0) is 5.54 Å². The molecule has 0 unspecified atom stereocenters. The fourth-order valence-electron chi connectivity index (χ4n) is 0.661. The van der Waals surface area contributed by atoms with Gasteiger partial charge in [-0.2, -0.15) is 9.90 Å². The van der Waals surface area contributed by atoms with Crippen LogP contribution in [0.4, 0.5) is 0 Å². The van der Waals surface area contributed by atoms with Crippen LogP contribution in [0, 0.1) is 10.6 Å². The van der Waals surface area contributed by atoms with Gasteiger partial charge in [0.15, 0.2) is 0 Å². The molecule has 4 heteroatoms. The SMILES string of the molecule is Cc1nn(C(C)(C)C)nc1I. The van der Waals surface area contributed by atoms with E-state index in [1.54, 1.807) is 4.80 Å². The van der Waals surface area contributed by atoms with Gasteiger partial charge in [-0.25, -0.2) is 0 Å². The quantitative estimate of drug-likeness (QED) is 0.671. The van der Waals surface area contributed by atoms with Crippen LogP contribution in [0.25, 0.3) is 0 Å². The van der Waals surface area contributed by atoms with E-state index < -0.39 is 0 Å². The smallest absolute Gasteiger partial charge is 0.146 e. The Morgan fingerprint density at radius 1 is 1.27 bits per heavy atom. The third kappa shape index (κ3) is 1.91. The molecule has 1 aromatic heterocycles. The van der Waals surface area contributed by atoms with Crippen molar-refractivity contribution in [1.29, 1.82) is 0 Å². The molecule has 0 aromatic carbocycles. The Labute approximate surface area is 80.3 Å². The molecular weight excluding hydrogens is 253 g/mol. The summed E-state index contributed by atoms with van der Waals surface area (Å²) in [5.74, 6) is 0. The Balaban J connectivity index is 3.08. The highest BCUT2D eigenvalue weighted by Crippen LogP contribution is 2.13. The van der Waals surface area contributed by atoms with Crippen molar-refractivity contribution in [1.82, 2.24) is 15.0 Å². The van der Waals surface area contributed by atoms with Crippen LogP contribution in [-0.4, -0.2) is 15.0 Å². The molecule has 1 heterocycles. The lowest BCUT2D eigenvalue weighted by Gasteiger charge is -2.16. The number of hydrogen-bond acceptors (Lipinski definition) is 2. The van der Waals surface area contributed by atoms with Crippen LogP contribution in [0.2, 0.25) is 0 Å². The Kier molecular flexibility index (Phi) is 2.22. The maximum Gasteiger partial charge on any atom is 0.146 e. The van der Waals surface area contributed by atoms with E-state index in [1.165, 1.54) is 0 Å². The third-order valence-electron chi connectivity index (χ3n) is 1.33. The fraction of sp³-hybridized carbons (Fsp3) is 0.714. The minimum atomic E-state index is -0.00577. The first-order valence-corrected chi connectivity index (χ1v) is 4.59. The molecule has 1 rings (SSSR count). The lowest BCUT2D eigenvalue weighted by molar-refractivity contribution is 0.310. The van der Waals surface area contributed by atoms with Crippen LogP contribution in [0.5, 0.6) is 0 Å². The van der Waals surface area contributed by atoms with Gasteiger partial charge in [0.05, 0.1) is 11.2 Å². The van der Waals surface area contributed by atoms with Crippen molar-refractivity contribution < 1.29 is 0 Å². The molecule has 3 nitrogen and oxygen atoms in total. The summed E-state index contributed by atoms with van der Waals surface area (Å²) in [6.45, 7) is 8.23. The summed E-state index contributed by atoms with van der Waals surface area (Å²) < 4.78 is 0.984. The van der Waals surface area contributed by atoms with Crippen LogP contribution < -0.4 is 0 Å². The zero-order valence-corrected chi connectivity index (χ0v) is 9.38. The molecule has 0 saturated carbocycles. The molecule has 0 aliphatic carbocycles. The van der Waals surface area contributed by atoms with Crippen molar-refractivity contribution in [3.8, 4) is 0 Å². The van der Waals surface area contributed by atoms with Gasteiger partial charge in [-0.15, -0.1) is 5.10 Å². The van der Waals surface area contributed by atoms with Crippen molar-refractivity contribution in [2.75, 3.05) is 0 Å². The summed E-state index contributed by atoms with van der Waals surface area (Å²) in [6, 6.07) is 0. The van der Waals surface area contributed by atoms with Crippen LogP contribution in [0.1, 0.15) is 26.5 Å². The summed E-state index contributed by atoms with van der Waals surface area (Å²) in [5, 5.41) is 8.55. The predicted molar refractivity (Wildman–Crippen MR) is 52.5 cm³/mol. The van der Waals surface area contributed by atoms with E-state index in [2.05, 4.69) is 53.6 Å². The standard InChI is InChI=1S/C7H12IN3/c1-5-6(8)10-11(9-5)7(2,3)4/h1-4H3. The van der Waals surface area contributed by atoms with Crippen molar-refractivity contribution in [3.05, 3.63) is 9.39 Å². The monoisotopic (exact) mass is 265 g/mol. The molecule has 0 N–H and O–H groups in total. The molecule has 62 valence electrons. The molecule has 0 bridgehead atoms. The van der Waals surface area contributed by atoms with E-state index in [1.807, 2.05) is 6.92 Å². The van der Waals surface area contributed by atoms with E-state index in [9.17, 15) is 0 Å². The molecule has 11 heavy (non-hydrogen) atoms. The van der Waals surface area contributed by atoms with Crippen molar-refractivity contribution in [2.24, 2.45) is 0 Å². The van der Waals surface area contributed by atoms with Crippen molar-refractivity contribution >= 4 is 22.6 Å². The lowest BCUT2D eigenvalue weighted by atomic mass is 10.1. The highest BCUT2D eigenvalue weighted by atomic mass is 127. The van der Waals surface area contributed by atoms with Crippen LogP contribution >= 0.6 is 22.6 Å². The molecule has 0 radical (unpaired) electrons. The predicted octanol–water partition coefficient (Wildman–Crippen LogP) is 1.95. The van der Waals surface area contributed by atoms with Gasteiger partial charge in [0.1, 0.15) is 3.70 Å². The maximum atomic E-state index is 4.28.